The Kier molecular flexibility index (Phi) is 3.76. The third-order valence-corrected chi connectivity index (χ3v) is 2.92. The SMILES string of the molecule is O=C(O)CCCCc1ccc2ccccc2c1. The van der Waals surface area contributed by atoms with Gasteiger partial charge >= 0.3 is 5.97 Å². The number of carboxylic acid groups (broad SMARTS) is 1. The molecule has 1 N–H and O–H groups in total. The van der Waals surface area contributed by atoms with Gasteiger partial charge in [0.25, 0.3) is 0 Å². The molecule has 2 rings (SSSR count). The second-order valence-electron chi connectivity index (χ2n) is 4.28. The maximum Gasteiger partial charge on any atom is 0.303 e. The number of carboxylic acids is 1. The molecule has 0 aliphatic carbocycles. The van der Waals surface area contributed by atoms with Gasteiger partial charge in [0.2, 0.25) is 0 Å². The van der Waals surface area contributed by atoms with E-state index in [4.69, 9.17) is 5.11 Å². The summed E-state index contributed by atoms with van der Waals surface area (Å²) in [5.74, 6) is -0.705. The molecule has 0 aliphatic heterocycles. The summed E-state index contributed by atoms with van der Waals surface area (Å²) in [6.07, 6.45) is 2.92. The lowest BCUT2D eigenvalue weighted by Gasteiger charge is -2.03. The predicted octanol–water partition coefficient (Wildman–Crippen LogP) is 3.64. The van der Waals surface area contributed by atoms with Crippen LogP contribution in [0, 0.1) is 0 Å². The van der Waals surface area contributed by atoms with Crippen molar-refractivity contribution >= 4 is 16.7 Å². The van der Waals surface area contributed by atoms with E-state index in [1.165, 1.54) is 16.3 Å². The standard InChI is InChI=1S/C15H16O2/c16-15(17)8-4-1-5-12-9-10-13-6-2-3-7-14(13)11-12/h2-3,6-7,9-11H,1,4-5,8H2,(H,16,17). The average Bonchev–Trinajstić information content (AvgIpc) is 2.34. The molecule has 0 saturated heterocycles. The number of unbranched alkanes of at least 4 members (excludes halogenated alkanes) is 1. The van der Waals surface area contributed by atoms with Crippen molar-refractivity contribution in [2.45, 2.75) is 25.7 Å². The Morgan fingerprint density at radius 1 is 1.00 bits per heavy atom. The van der Waals surface area contributed by atoms with Gasteiger partial charge in [0.1, 0.15) is 0 Å². The van der Waals surface area contributed by atoms with Crippen LogP contribution in [0.3, 0.4) is 0 Å². The summed E-state index contributed by atoms with van der Waals surface area (Å²) in [4.78, 5) is 10.4. The Morgan fingerprint density at radius 2 is 1.76 bits per heavy atom. The first-order valence-electron chi connectivity index (χ1n) is 5.95. The first kappa shape index (κ1) is 11.6. The van der Waals surface area contributed by atoms with Gasteiger partial charge < -0.3 is 5.11 Å². The second kappa shape index (κ2) is 5.48. The topological polar surface area (TPSA) is 37.3 Å². The molecule has 0 atom stereocenters. The Balaban J connectivity index is 1.97. The molecule has 2 nitrogen and oxygen atoms in total. The molecule has 2 aromatic rings. The molecule has 0 bridgehead atoms. The molecule has 0 spiro atoms. The van der Waals surface area contributed by atoms with E-state index in [-0.39, 0.29) is 6.42 Å². The van der Waals surface area contributed by atoms with Crippen molar-refractivity contribution in [3.05, 3.63) is 48.0 Å². The third-order valence-electron chi connectivity index (χ3n) is 2.92. The highest BCUT2D eigenvalue weighted by atomic mass is 16.4. The van der Waals surface area contributed by atoms with Crippen molar-refractivity contribution in [3.63, 3.8) is 0 Å². The summed E-state index contributed by atoms with van der Waals surface area (Å²) in [6, 6.07) is 14.7. The molecule has 2 aromatic carbocycles. The highest BCUT2D eigenvalue weighted by molar-refractivity contribution is 5.82. The zero-order valence-corrected chi connectivity index (χ0v) is 9.73. The quantitative estimate of drug-likeness (QED) is 0.793. The molecule has 0 aliphatic rings. The number of aryl methyl sites for hydroxylation is 1. The molecular formula is C15H16O2. The van der Waals surface area contributed by atoms with Gasteiger partial charge in [0.15, 0.2) is 0 Å². The van der Waals surface area contributed by atoms with Crippen molar-refractivity contribution in [3.8, 4) is 0 Å². The molecular weight excluding hydrogens is 212 g/mol. The maximum atomic E-state index is 10.4. The lowest BCUT2D eigenvalue weighted by Crippen LogP contribution is -1.94. The van der Waals surface area contributed by atoms with Crippen LogP contribution in [-0.4, -0.2) is 11.1 Å². The molecule has 0 unspecified atom stereocenters. The largest absolute Gasteiger partial charge is 0.481 e. The minimum absolute atomic E-state index is 0.271. The van der Waals surface area contributed by atoms with Gasteiger partial charge in [-0.05, 0) is 35.6 Å². The number of benzene rings is 2. The zero-order chi connectivity index (χ0) is 12.1. The summed E-state index contributed by atoms with van der Waals surface area (Å²) in [5.41, 5.74) is 1.29. The van der Waals surface area contributed by atoms with E-state index in [0.717, 1.165) is 19.3 Å². The fraction of sp³-hybridized carbons (Fsp3) is 0.267. The minimum Gasteiger partial charge on any atom is -0.481 e. The van der Waals surface area contributed by atoms with Crippen LogP contribution in [-0.2, 0) is 11.2 Å². The van der Waals surface area contributed by atoms with Crippen LogP contribution in [0.5, 0.6) is 0 Å². The van der Waals surface area contributed by atoms with Crippen molar-refractivity contribution in [2.75, 3.05) is 0 Å². The molecule has 0 amide bonds. The van der Waals surface area contributed by atoms with Crippen molar-refractivity contribution in [1.82, 2.24) is 0 Å². The number of hydrogen-bond acceptors (Lipinski definition) is 1. The van der Waals surface area contributed by atoms with Crippen LogP contribution in [0.15, 0.2) is 42.5 Å². The molecule has 0 radical (unpaired) electrons. The number of carbonyl (C=O) groups is 1. The van der Waals surface area contributed by atoms with Gasteiger partial charge in [-0.1, -0.05) is 42.5 Å². The average molecular weight is 228 g/mol. The molecule has 0 aromatic heterocycles. The van der Waals surface area contributed by atoms with Gasteiger partial charge in [0, 0.05) is 6.42 Å². The molecule has 0 saturated carbocycles. The zero-order valence-electron chi connectivity index (χ0n) is 9.73. The van der Waals surface area contributed by atoms with Crippen LogP contribution in [0.2, 0.25) is 0 Å². The van der Waals surface area contributed by atoms with E-state index >= 15 is 0 Å². The first-order chi connectivity index (χ1) is 8.25. The number of hydrogen-bond donors (Lipinski definition) is 1. The summed E-state index contributed by atoms with van der Waals surface area (Å²) in [5, 5.41) is 11.1. The summed E-state index contributed by atoms with van der Waals surface area (Å²) >= 11 is 0. The fourth-order valence-corrected chi connectivity index (χ4v) is 2.00. The van der Waals surface area contributed by atoms with Gasteiger partial charge in [0.05, 0.1) is 0 Å². The predicted molar refractivity (Wildman–Crippen MR) is 69.1 cm³/mol. The maximum absolute atomic E-state index is 10.4. The van der Waals surface area contributed by atoms with Crippen molar-refractivity contribution in [2.24, 2.45) is 0 Å². The number of fused-ring (bicyclic) bond motifs is 1. The van der Waals surface area contributed by atoms with Crippen LogP contribution in [0.4, 0.5) is 0 Å². The Morgan fingerprint density at radius 3 is 2.53 bits per heavy atom. The fourth-order valence-electron chi connectivity index (χ4n) is 2.00. The van der Waals surface area contributed by atoms with Crippen LogP contribution >= 0.6 is 0 Å². The highest BCUT2D eigenvalue weighted by Gasteiger charge is 1.99. The van der Waals surface area contributed by atoms with E-state index in [0.29, 0.717) is 0 Å². The summed E-state index contributed by atoms with van der Waals surface area (Å²) < 4.78 is 0. The van der Waals surface area contributed by atoms with Crippen LogP contribution in [0.25, 0.3) is 10.8 Å². The Bertz CT molecular complexity index is 517. The molecule has 88 valence electrons. The first-order valence-corrected chi connectivity index (χ1v) is 5.95. The molecule has 0 fully saturated rings. The van der Waals surface area contributed by atoms with E-state index in [2.05, 4.69) is 30.3 Å². The van der Waals surface area contributed by atoms with Gasteiger partial charge in [-0.15, -0.1) is 0 Å². The van der Waals surface area contributed by atoms with E-state index in [1.807, 2.05) is 12.1 Å². The minimum atomic E-state index is -0.705. The lowest BCUT2D eigenvalue weighted by molar-refractivity contribution is -0.137. The molecule has 17 heavy (non-hydrogen) atoms. The molecule has 2 heteroatoms. The van der Waals surface area contributed by atoms with E-state index < -0.39 is 5.97 Å². The summed E-state index contributed by atoms with van der Waals surface area (Å²) in [6.45, 7) is 0. The van der Waals surface area contributed by atoms with E-state index in [1.54, 1.807) is 0 Å². The van der Waals surface area contributed by atoms with Crippen LogP contribution < -0.4 is 0 Å². The normalized spacial score (nSPS) is 10.6. The lowest BCUT2D eigenvalue weighted by atomic mass is 10.0. The van der Waals surface area contributed by atoms with E-state index in [9.17, 15) is 4.79 Å². The number of aliphatic carboxylic acids is 1. The van der Waals surface area contributed by atoms with Crippen LogP contribution in [0.1, 0.15) is 24.8 Å². The van der Waals surface area contributed by atoms with Crippen molar-refractivity contribution in [1.29, 1.82) is 0 Å². The van der Waals surface area contributed by atoms with Crippen molar-refractivity contribution < 1.29 is 9.90 Å². The smallest absolute Gasteiger partial charge is 0.303 e. The Labute approximate surface area is 101 Å². The molecule has 0 heterocycles. The number of rotatable bonds is 5. The monoisotopic (exact) mass is 228 g/mol. The highest BCUT2D eigenvalue weighted by Crippen LogP contribution is 2.17. The van der Waals surface area contributed by atoms with Gasteiger partial charge in [-0.3, -0.25) is 4.79 Å². The van der Waals surface area contributed by atoms with Gasteiger partial charge in [-0.2, -0.15) is 0 Å². The summed E-state index contributed by atoms with van der Waals surface area (Å²) in [7, 11) is 0. The Hall–Kier alpha value is -1.83. The third kappa shape index (κ3) is 3.31. The van der Waals surface area contributed by atoms with Gasteiger partial charge in [-0.25, -0.2) is 0 Å². The second-order valence-corrected chi connectivity index (χ2v) is 4.28.